The van der Waals surface area contributed by atoms with Crippen LogP contribution < -0.4 is 4.74 Å². The number of nitrogens with zero attached hydrogens (tertiary/aromatic N) is 2. The van der Waals surface area contributed by atoms with Gasteiger partial charge in [0.15, 0.2) is 0 Å². The third kappa shape index (κ3) is 5.83. The molecule has 0 fully saturated rings. The van der Waals surface area contributed by atoms with Crippen LogP contribution in [0.5, 0.6) is 5.75 Å². The topological polar surface area (TPSA) is 49.9 Å². The van der Waals surface area contributed by atoms with Crippen LogP contribution in [-0.2, 0) is 11.2 Å². The predicted molar refractivity (Wildman–Crippen MR) is 142 cm³/mol. The van der Waals surface area contributed by atoms with Crippen molar-refractivity contribution in [2.24, 2.45) is 0 Å². The molecule has 0 N–H and O–H groups in total. The highest BCUT2D eigenvalue weighted by Gasteiger charge is 2.36. The average Bonchev–Trinajstić information content (AvgIpc) is 3.30. The predicted octanol–water partition coefficient (Wildman–Crippen LogP) is 6.50. The normalized spacial score (nSPS) is 15.5. The Kier molecular flexibility index (Phi) is 7.74. The smallest absolute Gasteiger partial charge is 0.256 e. The molecule has 1 aromatic heterocycles. The molecule has 1 aliphatic heterocycles. The fraction of sp³-hybridized carbons (Fsp3) is 0.333. The number of hydrogen-bond acceptors (Lipinski definition) is 4. The largest absolute Gasteiger partial charge is 0.491 e. The molecule has 3 aromatic rings. The fourth-order valence-electron chi connectivity index (χ4n) is 4.20. The first-order valence-corrected chi connectivity index (χ1v) is 13.1. The second-order valence-electron chi connectivity index (χ2n) is 9.46. The maximum Gasteiger partial charge on any atom is 0.256 e. The van der Waals surface area contributed by atoms with Crippen LogP contribution in [0.15, 0.2) is 60.0 Å². The Morgan fingerprint density at radius 3 is 2.49 bits per heavy atom. The van der Waals surface area contributed by atoms with Gasteiger partial charge in [-0.3, -0.25) is 9.59 Å². The summed E-state index contributed by atoms with van der Waals surface area (Å²) >= 11 is 14.0. The summed E-state index contributed by atoms with van der Waals surface area (Å²) in [5.41, 5.74) is 0.909. The summed E-state index contributed by atoms with van der Waals surface area (Å²) < 4.78 is 6.07. The van der Waals surface area contributed by atoms with Crippen molar-refractivity contribution in [3.05, 3.63) is 86.0 Å². The van der Waals surface area contributed by atoms with Crippen molar-refractivity contribution in [2.75, 3.05) is 19.7 Å². The molecule has 0 spiro atoms. The number of rotatable bonds is 6. The van der Waals surface area contributed by atoms with Crippen molar-refractivity contribution < 1.29 is 14.3 Å². The monoisotopic (exact) mass is 530 g/mol. The maximum atomic E-state index is 13.7. The molecular weight excluding hydrogens is 503 g/mol. The van der Waals surface area contributed by atoms with E-state index in [1.165, 1.54) is 4.88 Å². The minimum absolute atomic E-state index is 0.0511. The van der Waals surface area contributed by atoms with E-state index < -0.39 is 5.54 Å². The van der Waals surface area contributed by atoms with Crippen molar-refractivity contribution in [2.45, 2.75) is 38.8 Å². The van der Waals surface area contributed by atoms with Gasteiger partial charge in [-0.2, -0.15) is 0 Å². The number of carbonyl (C=O) groups is 2. The second kappa shape index (κ2) is 10.6. The highest BCUT2D eigenvalue weighted by atomic mass is 35.5. The molecule has 2 amide bonds. The minimum Gasteiger partial charge on any atom is -0.491 e. The lowest BCUT2D eigenvalue weighted by Gasteiger charge is -2.40. The summed E-state index contributed by atoms with van der Waals surface area (Å²) in [4.78, 5) is 31.8. The summed E-state index contributed by atoms with van der Waals surface area (Å²) in [5, 5.41) is 3.06. The molecule has 184 valence electrons. The van der Waals surface area contributed by atoms with Gasteiger partial charge in [0.1, 0.15) is 18.9 Å². The zero-order valence-corrected chi connectivity index (χ0v) is 22.3. The summed E-state index contributed by atoms with van der Waals surface area (Å²) in [6, 6.07) is 15.9. The van der Waals surface area contributed by atoms with Gasteiger partial charge in [-0.15, -0.1) is 11.3 Å². The highest BCUT2D eigenvalue weighted by molar-refractivity contribution is 7.10. The number of halogens is 2. The Balaban J connectivity index is 1.57. The molecule has 0 saturated carbocycles. The third-order valence-electron chi connectivity index (χ3n) is 6.09. The number of thiophene rings is 1. The molecule has 1 aliphatic rings. The Bertz CT molecular complexity index is 1200. The van der Waals surface area contributed by atoms with Crippen LogP contribution in [0.25, 0.3) is 0 Å². The first-order chi connectivity index (χ1) is 16.6. The van der Waals surface area contributed by atoms with Gasteiger partial charge in [-0.05, 0) is 80.6 Å². The first-order valence-electron chi connectivity index (χ1n) is 11.5. The minimum atomic E-state index is -0.579. The van der Waals surface area contributed by atoms with Gasteiger partial charge in [0.05, 0.1) is 16.6 Å². The summed E-state index contributed by atoms with van der Waals surface area (Å²) in [6.45, 7) is 6.59. The van der Waals surface area contributed by atoms with E-state index in [-0.39, 0.29) is 24.4 Å². The molecule has 5 nitrogen and oxygen atoms in total. The van der Waals surface area contributed by atoms with E-state index in [9.17, 15) is 9.59 Å². The molecule has 0 saturated heterocycles. The quantitative estimate of drug-likeness (QED) is 0.365. The number of carbonyl (C=O) groups excluding carboxylic acids is 2. The van der Waals surface area contributed by atoms with Crippen molar-refractivity contribution >= 4 is 46.4 Å². The van der Waals surface area contributed by atoms with E-state index in [4.69, 9.17) is 27.9 Å². The maximum absolute atomic E-state index is 13.7. The molecule has 35 heavy (non-hydrogen) atoms. The summed E-state index contributed by atoms with van der Waals surface area (Å²) in [5.74, 6) is 0.301. The van der Waals surface area contributed by atoms with Crippen LogP contribution in [0.1, 0.15) is 47.6 Å². The molecule has 1 atom stereocenters. The number of hydrogen-bond donors (Lipinski definition) is 0. The van der Waals surface area contributed by atoms with E-state index in [1.54, 1.807) is 52.6 Å². The van der Waals surface area contributed by atoms with Crippen LogP contribution in [-0.4, -0.2) is 46.8 Å². The third-order valence-corrected chi connectivity index (χ3v) is 7.67. The average molecular weight is 532 g/mol. The molecule has 2 heterocycles. The molecule has 0 aliphatic carbocycles. The van der Waals surface area contributed by atoms with E-state index in [0.717, 1.165) is 12.0 Å². The lowest BCUT2D eigenvalue weighted by atomic mass is 9.99. The Hall–Kier alpha value is -2.54. The molecular formula is C27H28Cl2N2O3S. The molecule has 4 rings (SSSR count). The van der Waals surface area contributed by atoms with Crippen LogP contribution in [0, 0.1) is 0 Å². The van der Waals surface area contributed by atoms with Gasteiger partial charge in [0, 0.05) is 22.0 Å². The standard InChI is InChI=1S/C27H28Cl2N2O3S/c1-27(2,3)31(26(33)20-6-4-5-7-22(20)29)16-25(32)30-14-12-24-21(13-15-35-24)23(30)17-34-19-10-8-18(28)9-11-19/h4-11,13,15,23H,12,14,16-17H2,1-3H3/t23-/m1/s1. The summed E-state index contributed by atoms with van der Waals surface area (Å²) in [7, 11) is 0. The fourth-order valence-corrected chi connectivity index (χ4v) is 5.47. The Labute approximate surface area is 220 Å². The lowest BCUT2D eigenvalue weighted by Crippen LogP contribution is -2.53. The molecule has 0 radical (unpaired) electrons. The van der Waals surface area contributed by atoms with Gasteiger partial charge in [-0.1, -0.05) is 35.3 Å². The number of fused-ring (bicyclic) bond motifs is 1. The lowest BCUT2D eigenvalue weighted by molar-refractivity contribution is -0.136. The van der Waals surface area contributed by atoms with E-state index in [0.29, 0.717) is 34.5 Å². The van der Waals surface area contributed by atoms with Gasteiger partial charge in [0.2, 0.25) is 5.91 Å². The van der Waals surface area contributed by atoms with Crippen molar-refractivity contribution in [1.29, 1.82) is 0 Å². The van der Waals surface area contributed by atoms with E-state index >= 15 is 0 Å². The van der Waals surface area contributed by atoms with E-state index in [1.807, 2.05) is 37.8 Å². The van der Waals surface area contributed by atoms with E-state index in [2.05, 4.69) is 11.4 Å². The second-order valence-corrected chi connectivity index (χ2v) is 11.3. The molecule has 8 heteroatoms. The van der Waals surface area contributed by atoms with Gasteiger partial charge < -0.3 is 14.5 Å². The van der Waals surface area contributed by atoms with Gasteiger partial charge in [-0.25, -0.2) is 0 Å². The van der Waals surface area contributed by atoms with Crippen LogP contribution in [0.4, 0.5) is 0 Å². The van der Waals surface area contributed by atoms with Crippen LogP contribution in [0.2, 0.25) is 10.0 Å². The van der Waals surface area contributed by atoms with Crippen molar-refractivity contribution in [3.63, 3.8) is 0 Å². The molecule has 0 unspecified atom stereocenters. The van der Waals surface area contributed by atoms with Crippen LogP contribution >= 0.6 is 34.5 Å². The Morgan fingerprint density at radius 2 is 1.80 bits per heavy atom. The molecule has 2 aromatic carbocycles. The SMILES string of the molecule is CC(C)(C)N(CC(=O)N1CCc2sccc2[C@H]1COc1ccc(Cl)cc1)C(=O)c1ccccc1Cl. The number of amides is 2. The summed E-state index contributed by atoms with van der Waals surface area (Å²) in [6.07, 6.45) is 0.782. The van der Waals surface area contributed by atoms with Crippen LogP contribution in [0.3, 0.4) is 0 Å². The number of benzene rings is 2. The van der Waals surface area contributed by atoms with Crippen molar-refractivity contribution in [1.82, 2.24) is 9.80 Å². The first kappa shape index (κ1) is 25.5. The zero-order valence-electron chi connectivity index (χ0n) is 20.0. The number of ether oxygens (including phenoxy) is 1. The Morgan fingerprint density at radius 1 is 1.09 bits per heavy atom. The van der Waals surface area contributed by atoms with Crippen molar-refractivity contribution in [3.8, 4) is 5.75 Å². The molecule has 0 bridgehead atoms. The zero-order chi connectivity index (χ0) is 25.2. The van der Waals surface area contributed by atoms with Gasteiger partial charge in [0.25, 0.3) is 5.91 Å². The highest BCUT2D eigenvalue weighted by Crippen LogP contribution is 2.34. The van der Waals surface area contributed by atoms with Gasteiger partial charge >= 0.3 is 0 Å².